The molecule has 0 aromatic heterocycles. The Bertz CT molecular complexity index is 429. The van der Waals surface area contributed by atoms with Crippen LogP contribution in [0.4, 0.5) is 4.39 Å². The molecule has 3 heteroatoms. The maximum atomic E-state index is 13.0. The highest BCUT2D eigenvalue weighted by atomic mass is 19.1. The minimum Gasteiger partial charge on any atom is -0.462 e. The average Bonchev–Trinajstić information content (AvgIpc) is 2.49. The van der Waals surface area contributed by atoms with Crippen LogP contribution in [0.3, 0.4) is 0 Å². The summed E-state index contributed by atoms with van der Waals surface area (Å²) in [7, 11) is 0. The number of carbonyl (C=O) groups is 1. The van der Waals surface area contributed by atoms with Gasteiger partial charge >= 0.3 is 5.97 Å². The van der Waals surface area contributed by atoms with Gasteiger partial charge in [-0.1, -0.05) is 44.2 Å². The molecule has 1 aromatic carbocycles. The van der Waals surface area contributed by atoms with Crippen molar-refractivity contribution < 1.29 is 13.9 Å². The molecule has 0 heterocycles. The van der Waals surface area contributed by atoms with Gasteiger partial charge in [-0.05, 0) is 37.5 Å². The average molecular weight is 292 g/mol. The smallest absolute Gasteiger partial charge is 0.338 e. The van der Waals surface area contributed by atoms with Gasteiger partial charge in [0.15, 0.2) is 0 Å². The van der Waals surface area contributed by atoms with Gasteiger partial charge in [0.1, 0.15) is 5.82 Å². The number of hydrogen-bond donors (Lipinski definition) is 0. The maximum absolute atomic E-state index is 13.0. The van der Waals surface area contributed by atoms with Gasteiger partial charge in [-0.3, -0.25) is 0 Å². The van der Waals surface area contributed by atoms with Crippen LogP contribution < -0.4 is 0 Å². The monoisotopic (exact) mass is 292 g/mol. The molecule has 0 amide bonds. The molecule has 2 nitrogen and oxygen atoms in total. The fourth-order valence-electron chi connectivity index (χ4n) is 2.14. The van der Waals surface area contributed by atoms with Crippen LogP contribution in [0.5, 0.6) is 0 Å². The Morgan fingerprint density at radius 2 is 1.76 bits per heavy atom. The summed E-state index contributed by atoms with van der Waals surface area (Å²) in [6.07, 6.45) is 11.2. The van der Waals surface area contributed by atoms with E-state index in [1.54, 1.807) is 6.07 Å². The van der Waals surface area contributed by atoms with E-state index in [1.807, 2.05) is 6.08 Å². The van der Waals surface area contributed by atoms with Crippen molar-refractivity contribution in [2.75, 3.05) is 6.61 Å². The largest absolute Gasteiger partial charge is 0.462 e. The first kappa shape index (κ1) is 17.4. The molecule has 0 aliphatic carbocycles. The number of rotatable bonds is 11. The Morgan fingerprint density at radius 3 is 2.43 bits per heavy atom. The quantitative estimate of drug-likeness (QED) is 0.315. The van der Waals surface area contributed by atoms with Crippen molar-refractivity contribution in [3.8, 4) is 0 Å². The number of hydrogen-bond acceptors (Lipinski definition) is 2. The van der Waals surface area contributed by atoms with Gasteiger partial charge in [-0.15, -0.1) is 6.58 Å². The van der Waals surface area contributed by atoms with E-state index in [2.05, 4.69) is 6.58 Å². The molecule has 21 heavy (non-hydrogen) atoms. The van der Waals surface area contributed by atoms with Crippen molar-refractivity contribution in [2.45, 2.75) is 51.4 Å². The van der Waals surface area contributed by atoms with E-state index < -0.39 is 11.8 Å². The van der Waals surface area contributed by atoms with Gasteiger partial charge in [0.2, 0.25) is 0 Å². The van der Waals surface area contributed by atoms with Crippen LogP contribution in [0.25, 0.3) is 0 Å². The van der Waals surface area contributed by atoms with Crippen LogP contribution in [-0.4, -0.2) is 12.6 Å². The molecule has 0 fully saturated rings. The lowest BCUT2D eigenvalue weighted by molar-refractivity contribution is 0.0497. The van der Waals surface area contributed by atoms with Gasteiger partial charge < -0.3 is 4.74 Å². The third-order valence-electron chi connectivity index (χ3n) is 3.35. The lowest BCUT2D eigenvalue weighted by atomic mass is 10.1. The predicted molar refractivity (Wildman–Crippen MR) is 83.8 cm³/mol. The summed E-state index contributed by atoms with van der Waals surface area (Å²) in [5.74, 6) is -0.861. The van der Waals surface area contributed by atoms with Crippen LogP contribution in [0.1, 0.15) is 61.7 Å². The second-order valence-corrected chi connectivity index (χ2v) is 5.20. The first-order chi connectivity index (χ1) is 10.2. The van der Waals surface area contributed by atoms with Crippen LogP contribution in [0.2, 0.25) is 0 Å². The van der Waals surface area contributed by atoms with Gasteiger partial charge in [0, 0.05) is 0 Å². The van der Waals surface area contributed by atoms with Crippen molar-refractivity contribution in [2.24, 2.45) is 0 Å². The van der Waals surface area contributed by atoms with Crippen molar-refractivity contribution >= 4 is 5.97 Å². The number of ether oxygens (including phenoxy) is 1. The van der Waals surface area contributed by atoms with E-state index in [-0.39, 0.29) is 5.56 Å². The summed E-state index contributed by atoms with van der Waals surface area (Å²) in [6.45, 7) is 4.12. The molecule has 0 spiro atoms. The molecule has 0 saturated carbocycles. The highest BCUT2D eigenvalue weighted by molar-refractivity contribution is 5.89. The Labute approximate surface area is 127 Å². The van der Waals surface area contributed by atoms with Gasteiger partial charge in [-0.2, -0.15) is 0 Å². The topological polar surface area (TPSA) is 26.3 Å². The molecule has 0 N–H and O–H groups in total. The number of unbranched alkanes of at least 4 members (excludes halogenated alkanes) is 7. The van der Waals surface area contributed by atoms with Crippen LogP contribution in [0, 0.1) is 5.82 Å². The molecule has 0 saturated heterocycles. The van der Waals surface area contributed by atoms with E-state index in [4.69, 9.17) is 4.74 Å². The predicted octanol–water partition coefficient (Wildman–Crippen LogP) is 5.29. The molecule has 0 radical (unpaired) electrons. The third kappa shape index (κ3) is 8.28. The lowest BCUT2D eigenvalue weighted by Gasteiger charge is -2.05. The van der Waals surface area contributed by atoms with Gasteiger partial charge in [-0.25, -0.2) is 9.18 Å². The minimum absolute atomic E-state index is 0.275. The number of esters is 1. The van der Waals surface area contributed by atoms with Crippen LogP contribution in [-0.2, 0) is 4.74 Å². The SMILES string of the molecule is C=CCCCCCCCCCOC(=O)c1cccc(F)c1. The zero-order valence-electron chi connectivity index (χ0n) is 12.7. The zero-order chi connectivity index (χ0) is 15.3. The molecule has 0 bridgehead atoms. The Hall–Kier alpha value is -1.64. The maximum Gasteiger partial charge on any atom is 0.338 e. The lowest BCUT2D eigenvalue weighted by Crippen LogP contribution is -2.06. The Balaban J connectivity index is 1.99. The number of carbonyl (C=O) groups excluding carboxylic acids is 1. The van der Waals surface area contributed by atoms with E-state index in [1.165, 1.54) is 50.3 Å². The van der Waals surface area contributed by atoms with Crippen LogP contribution in [0.15, 0.2) is 36.9 Å². The van der Waals surface area contributed by atoms with Crippen molar-refractivity contribution in [3.63, 3.8) is 0 Å². The highest BCUT2D eigenvalue weighted by Gasteiger charge is 2.07. The highest BCUT2D eigenvalue weighted by Crippen LogP contribution is 2.10. The third-order valence-corrected chi connectivity index (χ3v) is 3.35. The van der Waals surface area contributed by atoms with E-state index in [9.17, 15) is 9.18 Å². The summed E-state index contributed by atoms with van der Waals surface area (Å²) in [5, 5.41) is 0. The molecule has 116 valence electrons. The van der Waals surface area contributed by atoms with Crippen molar-refractivity contribution in [1.29, 1.82) is 0 Å². The normalized spacial score (nSPS) is 10.3. The summed E-state index contributed by atoms with van der Waals surface area (Å²) >= 11 is 0. The van der Waals surface area contributed by atoms with E-state index >= 15 is 0 Å². The second-order valence-electron chi connectivity index (χ2n) is 5.20. The van der Waals surface area contributed by atoms with Crippen LogP contribution >= 0.6 is 0 Å². The fourth-order valence-corrected chi connectivity index (χ4v) is 2.14. The van der Waals surface area contributed by atoms with E-state index in [0.717, 1.165) is 19.3 Å². The fraction of sp³-hybridized carbons (Fsp3) is 0.500. The molecule has 0 aliphatic heterocycles. The Morgan fingerprint density at radius 1 is 1.10 bits per heavy atom. The molecule has 1 aromatic rings. The Kier molecular flexibility index (Phi) is 9.18. The molecular weight excluding hydrogens is 267 g/mol. The van der Waals surface area contributed by atoms with Crippen molar-refractivity contribution in [3.05, 3.63) is 48.3 Å². The summed E-state index contributed by atoms with van der Waals surface area (Å²) < 4.78 is 18.1. The first-order valence-electron chi connectivity index (χ1n) is 7.77. The minimum atomic E-state index is -0.445. The molecule has 0 atom stereocenters. The van der Waals surface area contributed by atoms with Gasteiger partial charge in [0.05, 0.1) is 12.2 Å². The summed E-state index contributed by atoms with van der Waals surface area (Å²) in [6, 6.07) is 5.59. The number of halogens is 1. The molecule has 0 aliphatic rings. The molecular formula is C18H25FO2. The van der Waals surface area contributed by atoms with Gasteiger partial charge in [0.25, 0.3) is 0 Å². The number of allylic oxidation sites excluding steroid dienone is 1. The van der Waals surface area contributed by atoms with Crippen molar-refractivity contribution in [1.82, 2.24) is 0 Å². The van der Waals surface area contributed by atoms with E-state index in [0.29, 0.717) is 6.61 Å². The standard InChI is InChI=1S/C18H25FO2/c1-2-3-4-5-6-7-8-9-10-14-21-18(20)16-12-11-13-17(19)15-16/h2,11-13,15H,1,3-10,14H2. The summed E-state index contributed by atoms with van der Waals surface area (Å²) in [4.78, 5) is 11.6. The summed E-state index contributed by atoms with van der Waals surface area (Å²) in [5.41, 5.74) is 0.275. The zero-order valence-corrected chi connectivity index (χ0v) is 12.7. The number of benzene rings is 1. The molecule has 1 rings (SSSR count). The first-order valence-corrected chi connectivity index (χ1v) is 7.77. The second kappa shape index (κ2) is 11.1. The molecule has 0 unspecified atom stereocenters.